The topological polar surface area (TPSA) is 29.1 Å². The van der Waals surface area contributed by atoms with Crippen LogP contribution in [0.4, 0.5) is 0 Å². The van der Waals surface area contributed by atoms with Gasteiger partial charge in [-0.1, -0.05) is 60.2 Å². The maximum Gasteiger partial charge on any atom is 0.251 e. The molecule has 3 aromatic rings. The van der Waals surface area contributed by atoms with Crippen LogP contribution >= 0.6 is 11.8 Å². The molecule has 28 heavy (non-hydrogen) atoms. The van der Waals surface area contributed by atoms with Crippen LogP contribution in [0.2, 0.25) is 0 Å². The number of hydrogen-bond acceptors (Lipinski definition) is 2. The van der Waals surface area contributed by atoms with Crippen LogP contribution in [0.1, 0.15) is 40.4 Å². The zero-order valence-electron chi connectivity index (χ0n) is 16.5. The van der Waals surface area contributed by atoms with Gasteiger partial charge in [-0.05, 0) is 62.1 Å². The van der Waals surface area contributed by atoms with Gasteiger partial charge in [-0.25, -0.2) is 0 Å². The van der Waals surface area contributed by atoms with Crippen LogP contribution in [0.15, 0.2) is 83.8 Å². The number of amides is 1. The second kappa shape index (κ2) is 10.1. The molecule has 2 nitrogen and oxygen atoms in total. The van der Waals surface area contributed by atoms with E-state index in [1.807, 2.05) is 42.1 Å². The minimum atomic E-state index is -0.00157. The zero-order valence-corrected chi connectivity index (χ0v) is 17.3. The lowest BCUT2D eigenvalue weighted by atomic mass is 10.1. The van der Waals surface area contributed by atoms with Crippen molar-refractivity contribution in [2.24, 2.45) is 0 Å². The van der Waals surface area contributed by atoms with E-state index in [0.717, 1.165) is 24.2 Å². The number of carbonyl (C=O) groups is 1. The number of carbonyl (C=O) groups excluding carboxylic acids is 1. The van der Waals surface area contributed by atoms with Crippen LogP contribution in [0, 0.1) is 6.92 Å². The predicted octanol–water partition coefficient (Wildman–Crippen LogP) is 6.04. The van der Waals surface area contributed by atoms with Crippen LogP contribution in [-0.2, 0) is 12.2 Å². The summed E-state index contributed by atoms with van der Waals surface area (Å²) < 4.78 is 0. The van der Waals surface area contributed by atoms with Crippen molar-refractivity contribution in [2.45, 2.75) is 43.4 Å². The van der Waals surface area contributed by atoms with Gasteiger partial charge >= 0.3 is 0 Å². The highest BCUT2D eigenvalue weighted by Crippen LogP contribution is 2.23. The molecule has 0 spiro atoms. The molecule has 1 N–H and O–H groups in total. The number of nitrogens with one attached hydrogen (secondary N) is 1. The third-order valence-corrected chi connectivity index (χ3v) is 5.81. The Hall–Kier alpha value is -2.52. The van der Waals surface area contributed by atoms with Gasteiger partial charge in [-0.2, -0.15) is 0 Å². The lowest BCUT2D eigenvalue weighted by Gasteiger charge is -2.14. The van der Waals surface area contributed by atoms with E-state index in [-0.39, 0.29) is 11.9 Å². The van der Waals surface area contributed by atoms with Crippen LogP contribution in [-0.4, -0.2) is 11.9 Å². The molecule has 0 aromatic heterocycles. The molecule has 0 bridgehead atoms. The molecule has 1 atom stereocenters. The zero-order chi connectivity index (χ0) is 19.8. The van der Waals surface area contributed by atoms with Gasteiger partial charge < -0.3 is 5.32 Å². The van der Waals surface area contributed by atoms with Crippen molar-refractivity contribution >= 4 is 17.7 Å². The summed E-state index contributed by atoms with van der Waals surface area (Å²) in [6.07, 6.45) is 1.90. The Bertz CT molecular complexity index is 873. The fourth-order valence-electron chi connectivity index (χ4n) is 2.96. The Morgan fingerprint density at radius 2 is 1.57 bits per heavy atom. The molecule has 0 saturated heterocycles. The summed E-state index contributed by atoms with van der Waals surface area (Å²) in [7, 11) is 0. The van der Waals surface area contributed by atoms with Crippen LogP contribution < -0.4 is 5.32 Å². The van der Waals surface area contributed by atoms with E-state index in [9.17, 15) is 4.79 Å². The minimum absolute atomic E-state index is 0.00157. The number of benzene rings is 3. The maximum atomic E-state index is 12.5. The van der Waals surface area contributed by atoms with E-state index in [2.05, 4.69) is 67.7 Å². The summed E-state index contributed by atoms with van der Waals surface area (Å²) in [5, 5.41) is 3.10. The summed E-state index contributed by atoms with van der Waals surface area (Å²) in [5.41, 5.74) is 4.52. The van der Waals surface area contributed by atoms with E-state index in [0.29, 0.717) is 0 Å². The third kappa shape index (κ3) is 6.28. The standard InChI is InChI=1S/C25H27NOS/c1-19-8-16-24(17-9-19)28-18-22-12-14-23(15-13-22)25(27)26-20(2)10-11-21-6-4-3-5-7-21/h3-9,12-17,20H,10-11,18H2,1-2H3,(H,26,27)/t20-/m1/s1. The van der Waals surface area contributed by atoms with E-state index in [4.69, 9.17) is 0 Å². The quantitative estimate of drug-likeness (QED) is 0.476. The van der Waals surface area contributed by atoms with Gasteiger partial charge in [-0.3, -0.25) is 4.79 Å². The largest absolute Gasteiger partial charge is 0.350 e. The molecule has 0 radical (unpaired) electrons. The predicted molar refractivity (Wildman–Crippen MR) is 119 cm³/mol. The van der Waals surface area contributed by atoms with Gasteiger partial charge in [0, 0.05) is 22.3 Å². The molecule has 0 saturated carbocycles. The van der Waals surface area contributed by atoms with Crippen molar-refractivity contribution in [3.05, 3.63) is 101 Å². The smallest absolute Gasteiger partial charge is 0.251 e. The Labute approximate surface area is 172 Å². The first-order chi connectivity index (χ1) is 13.6. The van der Waals surface area contributed by atoms with Crippen LogP contribution in [0.3, 0.4) is 0 Å². The van der Waals surface area contributed by atoms with Gasteiger partial charge in [0.2, 0.25) is 0 Å². The molecule has 1 amide bonds. The Morgan fingerprint density at radius 1 is 0.893 bits per heavy atom. The van der Waals surface area contributed by atoms with Gasteiger partial charge in [0.1, 0.15) is 0 Å². The van der Waals surface area contributed by atoms with Crippen LogP contribution in [0.5, 0.6) is 0 Å². The van der Waals surface area contributed by atoms with Gasteiger partial charge in [-0.15, -0.1) is 11.8 Å². The Morgan fingerprint density at radius 3 is 2.25 bits per heavy atom. The van der Waals surface area contributed by atoms with E-state index < -0.39 is 0 Å². The highest BCUT2D eigenvalue weighted by Gasteiger charge is 2.10. The molecule has 0 unspecified atom stereocenters. The van der Waals surface area contributed by atoms with Gasteiger partial charge in [0.25, 0.3) is 5.91 Å². The molecule has 0 aliphatic carbocycles. The number of thioether (sulfide) groups is 1. The number of aryl methyl sites for hydroxylation is 2. The average Bonchev–Trinajstić information content (AvgIpc) is 2.73. The van der Waals surface area contributed by atoms with Crippen molar-refractivity contribution in [1.29, 1.82) is 0 Å². The summed E-state index contributed by atoms with van der Waals surface area (Å²) >= 11 is 1.81. The first-order valence-corrected chi connectivity index (χ1v) is 10.7. The highest BCUT2D eigenvalue weighted by atomic mass is 32.2. The lowest BCUT2D eigenvalue weighted by Crippen LogP contribution is -2.32. The molecule has 144 valence electrons. The van der Waals surface area contributed by atoms with Crippen molar-refractivity contribution in [1.82, 2.24) is 5.32 Å². The maximum absolute atomic E-state index is 12.5. The fourth-order valence-corrected chi connectivity index (χ4v) is 3.81. The molecule has 0 aliphatic rings. The molecule has 0 fully saturated rings. The fraction of sp³-hybridized carbons (Fsp3) is 0.240. The molecule has 3 rings (SSSR count). The highest BCUT2D eigenvalue weighted by molar-refractivity contribution is 7.98. The summed E-state index contributed by atoms with van der Waals surface area (Å²) in [6, 6.07) is 27.0. The lowest BCUT2D eigenvalue weighted by molar-refractivity contribution is 0.0938. The van der Waals surface area contributed by atoms with E-state index in [1.165, 1.54) is 21.6 Å². The molecular weight excluding hydrogens is 362 g/mol. The number of hydrogen-bond donors (Lipinski definition) is 1. The van der Waals surface area contributed by atoms with Crippen LogP contribution in [0.25, 0.3) is 0 Å². The second-order valence-electron chi connectivity index (χ2n) is 7.20. The SMILES string of the molecule is Cc1ccc(SCc2ccc(C(=O)N[C@H](C)CCc3ccccc3)cc2)cc1. The normalized spacial score (nSPS) is 11.8. The molecule has 3 aromatic carbocycles. The first-order valence-electron chi connectivity index (χ1n) is 9.73. The van der Waals surface area contributed by atoms with Crippen molar-refractivity contribution in [3.8, 4) is 0 Å². The molecule has 0 heterocycles. The monoisotopic (exact) mass is 389 g/mol. The van der Waals surface area contributed by atoms with Crippen molar-refractivity contribution in [2.75, 3.05) is 0 Å². The summed E-state index contributed by atoms with van der Waals surface area (Å²) in [5.74, 6) is 0.900. The Kier molecular flexibility index (Phi) is 7.32. The molecular formula is C25H27NOS. The number of rotatable bonds is 8. The van der Waals surface area contributed by atoms with E-state index in [1.54, 1.807) is 0 Å². The average molecular weight is 390 g/mol. The van der Waals surface area contributed by atoms with Crippen molar-refractivity contribution < 1.29 is 4.79 Å². The van der Waals surface area contributed by atoms with Crippen molar-refractivity contribution in [3.63, 3.8) is 0 Å². The third-order valence-electron chi connectivity index (χ3n) is 4.73. The summed E-state index contributed by atoms with van der Waals surface area (Å²) in [6.45, 7) is 4.16. The second-order valence-corrected chi connectivity index (χ2v) is 8.25. The van der Waals surface area contributed by atoms with E-state index >= 15 is 0 Å². The molecule has 0 aliphatic heterocycles. The molecule has 3 heteroatoms. The first kappa shape index (κ1) is 20.2. The Balaban J connectivity index is 1.46. The minimum Gasteiger partial charge on any atom is -0.350 e. The summed E-state index contributed by atoms with van der Waals surface area (Å²) in [4.78, 5) is 13.7. The van der Waals surface area contributed by atoms with Gasteiger partial charge in [0.15, 0.2) is 0 Å². The van der Waals surface area contributed by atoms with Gasteiger partial charge in [0.05, 0.1) is 0 Å².